The molecule has 0 heterocycles. The molecular formula is C84H126Co2KO6S3. The van der Waals surface area contributed by atoms with Crippen LogP contribution in [0.15, 0.2) is 139 Å². The average molecular weight is 1490 g/mol. The third-order valence-electron chi connectivity index (χ3n) is 16.9. The third-order valence-corrected chi connectivity index (χ3v) is 20.2. The van der Waals surface area contributed by atoms with Gasteiger partial charge in [0.1, 0.15) is 34.5 Å². The second-order valence-corrected chi connectivity index (χ2v) is 41.4. The van der Waals surface area contributed by atoms with Gasteiger partial charge in [-0.3, -0.25) is 0 Å². The maximum Gasteiger partial charge on any atom is 0.129 e. The molecule has 0 atom stereocenters. The van der Waals surface area contributed by atoms with Gasteiger partial charge in [-0.05, 0) is 210 Å². The van der Waals surface area contributed by atoms with Crippen molar-refractivity contribution in [2.24, 2.45) is 32.5 Å². The number of phenolic OH excluding ortho intramolecular Hbond substituents is 6. The van der Waals surface area contributed by atoms with E-state index in [9.17, 15) is 30.6 Å². The van der Waals surface area contributed by atoms with E-state index < -0.39 is 0 Å². The van der Waals surface area contributed by atoms with Crippen LogP contribution in [0.25, 0.3) is 0 Å². The Morgan fingerprint density at radius 3 is 0.406 bits per heavy atom. The zero-order valence-corrected chi connectivity index (χ0v) is 72.9. The molecule has 3 radical (unpaired) electrons. The van der Waals surface area contributed by atoms with Crippen LogP contribution >= 0.6 is 35.3 Å². The fourth-order valence-corrected chi connectivity index (χ4v) is 17.9. The van der Waals surface area contributed by atoms with Gasteiger partial charge in [0.15, 0.2) is 0 Å². The largest absolute Gasteiger partial charge is 0.507 e. The van der Waals surface area contributed by atoms with Gasteiger partial charge < -0.3 is 30.6 Å². The first-order valence-corrected chi connectivity index (χ1v) is 36.2. The van der Waals surface area contributed by atoms with Crippen molar-refractivity contribution < 1.29 is 64.2 Å². The maximum atomic E-state index is 10.6. The minimum absolute atomic E-state index is 0. The van der Waals surface area contributed by atoms with E-state index in [0.717, 1.165) is 67.9 Å². The van der Waals surface area contributed by atoms with Crippen LogP contribution in [0.1, 0.15) is 280 Å². The smallest absolute Gasteiger partial charge is 0.129 e. The molecule has 0 aliphatic carbocycles. The SMILES string of the molecule is CC(C)(C)CC(C)(C)c1ccc(O)c(Sc2cc(C(C)(C)CC(C)(C)C)ccc2O)c1.CC(C)(C)CC(C)(C)c1ccc(O)c(Sc2cc(C(C)(C)CC(C)(C)C)ccc2O)c1.CC(C)(C)CC(C)(C)c1ccc(O)c(Sc2cc(C(C)(C)CC(C)(C)C)ccc2O)c1.[Co].[Co].[K]. The first-order valence-electron chi connectivity index (χ1n) is 33.7. The third kappa shape index (κ3) is 29.7. The molecule has 0 aromatic heterocycles. The predicted molar refractivity (Wildman–Crippen MR) is 409 cm³/mol. The van der Waals surface area contributed by atoms with Crippen molar-refractivity contribution in [2.75, 3.05) is 0 Å². The summed E-state index contributed by atoms with van der Waals surface area (Å²) in [5, 5.41) is 63.4. The molecule has 6 rings (SSSR count). The first kappa shape index (κ1) is 91.8. The molecule has 12 heteroatoms. The van der Waals surface area contributed by atoms with Crippen LogP contribution in [0.4, 0.5) is 0 Å². The number of hydrogen-bond acceptors (Lipinski definition) is 9. The molecule has 0 saturated carbocycles. The molecule has 0 aliphatic heterocycles. The van der Waals surface area contributed by atoms with Crippen LogP contribution in [0.2, 0.25) is 0 Å². The standard InChI is InChI=1S/3C28H42O2S.2Co.K/c3*1-25(2,3)17-27(7,8)19-11-13-21(29)23(15-19)31-24-16-20(12-14-22(24)30)28(9,10)18-26(4,5)6;;;/h3*11-16,29-30H,17-18H2,1-10H3;;;. The Labute approximate surface area is 661 Å². The molecule has 0 fully saturated rings. The van der Waals surface area contributed by atoms with Crippen LogP contribution in [-0.2, 0) is 66.0 Å². The quantitative estimate of drug-likeness (QED) is 0.0467. The van der Waals surface area contributed by atoms with Gasteiger partial charge in [0.2, 0.25) is 0 Å². The van der Waals surface area contributed by atoms with Crippen molar-refractivity contribution >= 4 is 86.7 Å². The van der Waals surface area contributed by atoms with E-state index in [-0.39, 0.29) is 184 Å². The van der Waals surface area contributed by atoms with Crippen LogP contribution < -0.4 is 0 Å². The summed E-state index contributed by atoms with van der Waals surface area (Å²) in [6.45, 7) is 67.7. The van der Waals surface area contributed by atoms with Crippen molar-refractivity contribution in [3.63, 3.8) is 0 Å². The topological polar surface area (TPSA) is 121 Å². The van der Waals surface area contributed by atoms with Crippen LogP contribution in [-0.4, -0.2) is 82.0 Å². The average Bonchev–Trinajstić information content (AvgIpc) is 0.863. The second-order valence-electron chi connectivity index (χ2n) is 38.1. The van der Waals surface area contributed by atoms with Gasteiger partial charge in [-0.1, -0.05) is 279 Å². The number of aromatic hydroxyl groups is 6. The van der Waals surface area contributed by atoms with E-state index in [1.807, 2.05) is 36.4 Å². The summed E-state index contributed by atoms with van der Waals surface area (Å²) in [4.78, 5) is 4.67. The Morgan fingerprint density at radius 2 is 0.312 bits per heavy atom. The molecule has 6 N–H and O–H groups in total. The summed E-state index contributed by atoms with van der Waals surface area (Å²) in [6, 6.07) is 35.3. The molecule has 535 valence electrons. The van der Waals surface area contributed by atoms with Gasteiger partial charge in [0.25, 0.3) is 0 Å². The van der Waals surface area contributed by atoms with E-state index >= 15 is 0 Å². The molecule has 0 unspecified atom stereocenters. The van der Waals surface area contributed by atoms with Crippen molar-refractivity contribution in [2.45, 2.75) is 308 Å². The van der Waals surface area contributed by atoms with Gasteiger partial charge in [0.05, 0.1) is 29.4 Å². The molecule has 6 aromatic rings. The summed E-state index contributed by atoms with van der Waals surface area (Å²) in [5.41, 5.74) is 8.37. The molecule has 0 amide bonds. The Kier molecular flexibility index (Phi) is 32.9. The van der Waals surface area contributed by atoms with E-state index in [1.165, 1.54) is 68.7 Å². The van der Waals surface area contributed by atoms with Crippen molar-refractivity contribution in [1.29, 1.82) is 0 Å². The van der Waals surface area contributed by atoms with E-state index in [0.29, 0.717) is 0 Å². The summed E-state index contributed by atoms with van der Waals surface area (Å²) < 4.78 is 0. The van der Waals surface area contributed by atoms with E-state index in [4.69, 9.17) is 0 Å². The Bertz CT molecular complexity index is 2890. The summed E-state index contributed by atoms with van der Waals surface area (Å²) in [6.07, 6.45) is 6.23. The Hall–Kier alpha value is -2.18. The van der Waals surface area contributed by atoms with Crippen LogP contribution in [0.3, 0.4) is 0 Å². The van der Waals surface area contributed by atoms with Crippen molar-refractivity contribution in [3.8, 4) is 34.5 Å². The predicted octanol–water partition coefficient (Wildman–Crippen LogP) is 25.6. The normalized spacial score (nSPS) is 13.1. The summed E-state index contributed by atoms with van der Waals surface area (Å²) in [7, 11) is 0. The zero-order valence-electron chi connectivity index (χ0n) is 65.2. The maximum absolute atomic E-state index is 10.6. The summed E-state index contributed by atoms with van der Waals surface area (Å²) >= 11 is 4.31. The molecule has 96 heavy (non-hydrogen) atoms. The van der Waals surface area contributed by atoms with Crippen molar-refractivity contribution in [1.82, 2.24) is 0 Å². The zero-order chi connectivity index (χ0) is 71.5. The van der Waals surface area contributed by atoms with E-state index in [1.54, 1.807) is 36.4 Å². The van der Waals surface area contributed by atoms with Crippen LogP contribution in [0, 0.1) is 32.5 Å². The fraction of sp³-hybridized carbons (Fsp3) is 0.571. The molecule has 0 aliphatic rings. The molecule has 0 bridgehead atoms. The number of hydrogen-bond donors (Lipinski definition) is 6. The molecule has 0 saturated heterocycles. The fourth-order valence-electron chi connectivity index (χ4n) is 15.0. The van der Waals surface area contributed by atoms with Gasteiger partial charge in [-0.25, -0.2) is 0 Å². The van der Waals surface area contributed by atoms with Gasteiger partial charge in [-0.15, -0.1) is 0 Å². The number of rotatable bonds is 18. The Balaban J connectivity index is 0.000000709. The van der Waals surface area contributed by atoms with Gasteiger partial charge in [0, 0.05) is 84.9 Å². The first-order chi connectivity index (χ1) is 41.7. The molecule has 6 nitrogen and oxygen atoms in total. The monoisotopic (exact) mass is 1480 g/mol. The minimum atomic E-state index is -0.0140. The second kappa shape index (κ2) is 34.4. The van der Waals surface area contributed by atoms with Crippen LogP contribution in [0.5, 0.6) is 34.5 Å². The molecule has 6 aromatic carbocycles. The molecule has 0 spiro atoms. The number of benzene rings is 6. The molecular weight excluding hydrogens is 1360 g/mol. The van der Waals surface area contributed by atoms with Gasteiger partial charge >= 0.3 is 0 Å². The van der Waals surface area contributed by atoms with E-state index in [2.05, 4.69) is 244 Å². The van der Waals surface area contributed by atoms with Crippen molar-refractivity contribution in [3.05, 3.63) is 143 Å². The Morgan fingerprint density at radius 1 is 0.208 bits per heavy atom. The summed E-state index contributed by atoms with van der Waals surface area (Å²) in [5.74, 6) is 1.49. The minimum Gasteiger partial charge on any atom is -0.507 e. The van der Waals surface area contributed by atoms with Gasteiger partial charge in [-0.2, -0.15) is 0 Å². The number of phenols is 6.